The zero-order chi connectivity index (χ0) is 13.7. The number of nitrogens with two attached hydrogens (primary N) is 1. The lowest BCUT2D eigenvalue weighted by atomic mass is 10.1. The van der Waals surface area contributed by atoms with Crippen molar-refractivity contribution in [3.8, 4) is 0 Å². The minimum atomic E-state index is 0.106. The molecule has 0 saturated carbocycles. The van der Waals surface area contributed by atoms with E-state index in [4.69, 9.17) is 5.73 Å². The summed E-state index contributed by atoms with van der Waals surface area (Å²) in [6.07, 6.45) is 2.26. The molecule has 2 nitrogen and oxygen atoms in total. The molecular formula is C15H20N2S2. The summed E-state index contributed by atoms with van der Waals surface area (Å²) in [6, 6.07) is 8.60. The van der Waals surface area contributed by atoms with E-state index in [1.165, 1.54) is 27.6 Å². The molecule has 0 aliphatic heterocycles. The number of hydrogen-bond donors (Lipinski definition) is 1. The molecule has 2 N–H and O–H groups in total. The van der Waals surface area contributed by atoms with Gasteiger partial charge in [0.1, 0.15) is 0 Å². The first kappa shape index (κ1) is 14.6. The van der Waals surface area contributed by atoms with Crippen LogP contribution in [0.2, 0.25) is 0 Å². The number of aryl methyl sites for hydroxylation is 1. The summed E-state index contributed by atoms with van der Waals surface area (Å²) in [7, 11) is 0. The second-order valence-corrected chi connectivity index (χ2v) is 6.62. The van der Waals surface area contributed by atoms with Crippen molar-refractivity contribution in [2.45, 2.75) is 43.4 Å². The zero-order valence-electron chi connectivity index (χ0n) is 11.4. The van der Waals surface area contributed by atoms with E-state index in [-0.39, 0.29) is 6.04 Å². The van der Waals surface area contributed by atoms with Crippen LogP contribution in [-0.2, 0) is 12.2 Å². The summed E-state index contributed by atoms with van der Waals surface area (Å²) in [5, 5.41) is 3.43. The molecule has 2 rings (SSSR count). The van der Waals surface area contributed by atoms with Crippen molar-refractivity contribution >= 4 is 23.1 Å². The fourth-order valence-electron chi connectivity index (χ4n) is 1.77. The molecule has 4 heteroatoms. The van der Waals surface area contributed by atoms with Crippen LogP contribution in [0.1, 0.15) is 42.6 Å². The minimum absolute atomic E-state index is 0.106. The van der Waals surface area contributed by atoms with Crippen molar-refractivity contribution in [3.63, 3.8) is 0 Å². The van der Waals surface area contributed by atoms with Gasteiger partial charge in [0.25, 0.3) is 0 Å². The van der Waals surface area contributed by atoms with E-state index < -0.39 is 0 Å². The van der Waals surface area contributed by atoms with E-state index in [0.717, 1.165) is 12.2 Å². The standard InChI is InChI=1S/C15H20N2S2/c1-3-4-15-17-13(10-19-15)9-18-14-7-5-12(6-8-14)11(2)16/h5-8,10-11H,3-4,9,16H2,1-2H3. The first-order valence-electron chi connectivity index (χ1n) is 6.60. The van der Waals surface area contributed by atoms with Crippen molar-refractivity contribution in [2.75, 3.05) is 0 Å². The van der Waals surface area contributed by atoms with Crippen LogP contribution < -0.4 is 5.73 Å². The average molecular weight is 292 g/mol. The maximum Gasteiger partial charge on any atom is 0.0928 e. The Morgan fingerprint density at radius 2 is 2.05 bits per heavy atom. The van der Waals surface area contributed by atoms with Gasteiger partial charge in [-0.2, -0.15) is 0 Å². The lowest BCUT2D eigenvalue weighted by molar-refractivity contribution is 0.817. The highest BCUT2D eigenvalue weighted by Crippen LogP contribution is 2.25. The van der Waals surface area contributed by atoms with Crippen molar-refractivity contribution in [3.05, 3.63) is 45.9 Å². The van der Waals surface area contributed by atoms with Crippen LogP contribution >= 0.6 is 23.1 Å². The van der Waals surface area contributed by atoms with Crippen LogP contribution in [0.4, 0.5) is 0 Å². The largest absolute Gasteiger partial charge is 0.324 e. The normalized spacial score (nSPS) is 12.6. The summed E-state index contributed by atoms with van der Waals surface area (Å²) in [6.45, 7) is 4.20. The summed E-state index contributed by atoms with van der Waals surface area (Å²) in [5.74, 6) is 0.942. The van der Waals surface area contributed by atoms with E-state index in [1.807, 2.05) is 18.7 Å². The van der Waals surface area contributed by atoms with Crippen molar-refractivity contribution < 1.29 is 0 Å². The summed E-state index contributed by atoms with van der Waals surface area (Å²) >= 11 is 3.60. The zero-order valence-corrected chi connectivity index (χ0v) is 13.1. The first-order chi connectivity index (χ1) is 9.19. The average Bonchev–Trinajstić information content (AvgIpc) is 2.85. The predicted molar refractivity (Wildman–Crippen MR) is 84.7 cm³/mol. The molecule has 0 spiro atoms. The molecule has 0 radical (unpaired) electrons. The van der Waals surface area contributed by atoms with Crippen LogP contribution in [0.25, 0.3) is 0 Å². The van der Waals surface area contributed by atoms with Gasteiger partial charge < -0.3 is 5.73 Å². The Labute approximate surface area is 123 Å². The Bertz CT molecular complexity index is 503. The van der Waals surface area contributed by atoms with E-state index in [0.29, 0.717) is 0 Å². The van der Waals surface area contributed by atoms with Gasteiger partial charge in [-0.25, -0.2) is 4.98 Å². The molecule has 0 saturated heterocycles. The van der Waals surface area contributed by atoms with Gasteiger partial charge in [0.2, 0.25) is 0 Å². The Kier molecular flexibility index (Phi) is 5.43. The van der Waals surface area contributed by atoms with E-state index >= 15 is 0 Å². The topological polar surface area (TPSA) is 38.9 Å². The molecule has 1 aromatic carbocycles. The van der Waals surface area contributed by atoms with Gasteiger partial charge in [-0.3, -0.25) is 0 Å². The Morgan fingerprint density at radius 1 is 1.32 bits per heavy atom. The smallest absolute Gasteiger partial charge is 0.0928 e. The third kappa shape index (κ3) is 4.34. The van der Waals surface area contributed by atoms with E-state index in [9.17, 15) is 0 Å². The van der Waals surface area contributed by atoms with Crippen molar-refractivity contribution in [1.82, 2.24) is 4.98 Å². The molecule has 1 heterocycles. The summed E-state index contributed by atoms with van der Waals surface area (Å²) in [5.41, 5.74) is 8.22. The Morgan fingerprint density at radius 3 is 2.68 bits per heavy atom. The number of thioether (sulfide) groups is 1. The Hall–Kier alpha value is -0.840. The molecule has 0 aliphatic rings. The van der Waals surface area contributed by atoms with Crippen LogP contribution in [0.3, 0.4) is 0 Å². The van der Waals surface area contributed by atoms with Gasteiger partial charge in [0, 0.05) is 22.1 Å². The van der Waals surface area contributed by atoms with Crippen LogP contribution in [0.5, 0.6) is 0 Å². The number of aromatic nitrogens is 1. The highest BCUT2D eigenvalue weighted by atomic mass is 32.2. The van der Waals surface area contributed by atoms with Gasteiger partial charge >= 0.3 is 0 Å². The van der Waals surface area contributed by atoms with E-state index in [2.05, 4.69) is 41.6 Å². The van der Waals surface area contributed by atoms with Gasteiger partial charge in [-0.15, -0.1) is 23.1 Å². The maximum absolute atomic E-state index is 5.84. The SMILES string of the molecule is CCCc1nc(CSc2ccc(C(C)N)cc2)cs1. The monoisotopic (exact) mass is 292 g/mol. The molecule has 1 atom stereocenters. The fourth-order valence-corrected chi connectivity index (χ4v) is 3.57. The van der Waals surface area contributed by atoms with Gasteiger partial charge in [0.05, 0.1) is 10.7 Å². The molecule has 1 unspecified atom stereocenters. The number of nitrogens with zero attached hydrogens (tertiary/aromatic N) is 1. The Balaban J connectivity index is 1.90. The van der Waals surface area contributed by atoms with Crippen LogP contribution in [-0.4, -0.2) is 4.98 Å². The molecule has 0 aliphatic carbocycles. The lowest BCUT2D eigenvalue weighted by Crippen LogP contribution is -2.04. The number of benzene rings is 1. The molecule has 19 heavy (non-hydrogen) atoms. The van der Waals surface area contributed by atoms with Gasteiger partial charge in [-0.1, -0.05) is 19.1 Å². The lowest BCUT2D eigenvalue weighted by Gasteiger charge is -2.06. The quantitative estimate of drug-likeness (QED) is 0.802. The molecule has 0 amide bonds. The minimum Gasteiger partial charge on any atom is -0.324 e. The molecular weight excluding hydrogens is 272 g/mol. The van der Waals surface area contributed by atoms with Crippen molar-refractivity contribution in [2.24, 2.45) is 5.73 Å². The van der Waals surface area contributed by atoms with E-state index in [1.54, 1.807) is 11.3 Å². The van der Waals surface area contributed by atoms with Crippen LogP contribution in [0.15, 0.2) is 34.5 Å². The third-order valence-electron chi connectivity index (χ3n) is 2.86. The number of thiazole rings is 1. The highest BCUT2D eigenvalue weighted by Gasteiger charge is 2.03. The highest BCUT2D eigenvalue weighted by molar-refractivity contribution is 7.98. The molecule has 0 fully saturated rings. The summed E-state index contributed by atoms with van der Waals surface area (Å²) in [4.78, 5) is 5.91. The van der Waals surface area contributed by atoms with Crippen molar-refractivity contribution in [1.29, 1.82) is 0 Å². The third-order valence-corrected chi connectivity index (χ3v) is 4.86. The number of hydrogen-bond acceptors (Lipinski definition) is 4. The van der Waals surface area contributed by atoms with Gasteiger partial charge in [0.15, 0.2) is 0 Å². The first-order valence-corrected chi connectivity index (χ1v) is 8.47. The maximum atomic E-state index is 5.84. The molecule has 0 bridgehead atoms. The van der Waals surface area contributed by atoms with Crippen LogP contribution in [0, 0.1) is 0 Å². The predicted octanol–water partition coefficient (Wildman–Crippen LogP) is 4.41. The number of rotatable bonds is 6. The molecule has 1 aromatic heterocycles. The second-order valence-electron chi connectivity index (χ2n) is 4.63. The molecule has 102 valence electrons. The molecule has 2 aromatic rings. The second kappa shape index (κ2) is 7.08. The fraction of sp³-hybridized carbons (Fsp3) is 0.400. The van der Waals surface area contributed by atoms with Gasteiger partial charge in [-0.05, 0) is 37.5 Å². The summed E-state index contributed by atoms with van der Waals surface area (Å²) < 4.78 is 0.